The van der Waals surface area contributed by atoms with Crippen LogP contribution in [-0.4, -0.2) is 54.6 Å². The Balaban J connectivity index is 1.37. The van der Waals surface area contributed by atoms with Crippen molar-refractivity contribution in [2.45, 2.75) is 37.5 Å². The molecule has 0 saturated carbocycles. The van der Waals surface area contributed by atoms with Crippen molar-refractivity contribution in [1.29, 1.82) is 0 Å². The van der Waals surface area contributed by atoms with Crippen molar-refractivity contribution in [1.82, 2.24) is 4.90 Å². The Morgan fingerprint density at radius 3 is 2.64 bits per heavy atom. The van der Waals surface area contributed by atoms with Gasteiger partial charge < -0.3 is 19.3 Å². The van der Waals surface area contributed by atoms with Crippen LogP contribution in [0.3, 0.4) is 0 Å². The van der Waals surface area contributed by atoms with E-state index in [-0.39, 0.29) is 11.7 Å². The molecule has 3 aliphatic rings. The zero-order valence-electron chi connectivity index (χ0n) is 12.8. The van der Waals surface area contributed by atoms with Gasteiger partial charge in [-0.15, -0.1) is 0 Å². The maximum Gasteiger partial charge on any atom is 0.161 e. The van der Waals surface area contributed by atoms with E-state index in [0.29, 0.717) is 19.8 Å². The summed E-state index contributed by atoms with van der Waals surface area (Å²) in [5.74, 6) is 1.71. The van der Waals surface area contributed by atoms with Crippen molar-refractivity contribution < 1.29 is 19.3 Å². The molecule has 1 atom stereocenters. The Bertz CT molecular complexity index is 539. The Labute approximate surface area is 130 Å². The Morgan fingerprint density at radius 1 is 1.14 bits per heavy atom. The molecule has 0 radical (unpaired) electrons. The number of piperidine rings is 1. The first-order chi connectivity index (χ1) is 10.7. The minimum absolute atomic E-state index is 0.0667. The van der Waals surface area contributed by atoms with Gasteiger partial charge in [-0.25, -0.2) is 0 Å². The standard InChI is InChI=1S/C17H23NO4/c19-14-10-17(22-12-14)3-5-18(6-4-17)11-13-1-2-15-16(9-13)21-8-7-20-15/h1-2,9,14,19H,3-8,10-12H2/t14-/m0/s1. The molecule has 1 aromatic rings. The molecule has 120 valence electrons. The average molecular weight is 305 g/mol. The third kappa shape index (κ3) is 2.81. The molecule has 0 unspecified atom stereocenters. The molecule has 22 heavy (non-hydrogen) atoms. The minimum atomic E-state index is -0.274. The van der Waals surface area contributed by atoms with Crippen LogP contribution in [-0.2, 0) is 11.3 Å². The van der Waals surface area contributed by atoms with Crippen LogP contribution in [0, 0.1) is 0 Å². The average Bonchev–Trinajstić information content (AvgIpc) is 2.91. The van der Waals surface area contributed by atoms with Gasteiger partial charge in [0.15, 0.2) is 11.5 Å². The van der Waals surface area contributed by atoms with Gasteiger partial charge in [-0.05, 0) is 30.5 Å². The van der Waals surface area contributed by atoms with E-state index in [4.69, 9.17) is 14.2 Å². The first-order valence-corrected chi connectivity index (χ1v) is 8.15. The second-order valence-electron chi connectivity index (χ2n) is 6.61. The van der Waals surface area contributed by atoms with Crippen molar-refractivity contribution in [3.05, 3.63) is 23.8 Å². The third-order valence-corrected chi connectivity index (χ3v) is 4.97. The predicted molar refractivity (Wildman–Crippen MR) is 81.2 cm³/mol. The van der Waals surface area contributed by atoms with Crippen LogP contribution in [0.4, 0.5) is 0 Å². The second-order valence-corrected chi connectivity index (χ2v) is 6.61. The molecule has 1 aromatic carbocycles. The monoisotopic (exact) mass is 305 g/mol. The predicted octanol–water partition coefficient (Wildman–Crippen LogP) is 1.57. The van der Waals surface area contributed by atoms with E-state index in [9.17, 15) is 5.11 Å². The van der Waals surface area contributed by atoms with Crippen LogP contribution >= 0.6 is 0 Å². The molecule has 2 saturated heterocycles. The molecule has 4 rings (SSSR count). The van der Waals surface area contributed by atoms with Gasteiger partial charge in [-0.2, -0.15) is 0 Å². The van der Waals surface area contributed by atoms with Gasteiger partial charge >= 0.3 is 0 Å². The minimum Gasteiger partial charge on any atom is -0.486 e. The van der Waals surface area contributed by atoms with Gasteiger partial charge in [-0.3, -0.25) is 4.90 Å². The van der Waals surface area contributed by atoms with E-state index < -0.39 is 0 Å². The van der Waals surface area contributed by atoms with Crippen LogP contribution in [0.1, 0.15) is 24.8 Å². The molecular formula is C17H23NO4. The number of aliphatic hydroxyl groups is 1. The molecule has 3 heterocycles. The zero-order valence-corrected chi connectivity index (χ0v) is 12.8. The summed E-state index contributed by atoms with van der Waals surface area (Å²) in [5.41, 5.74) is 1.19. The molecular weight excluding hydrogens is 282 g/mol. The number of likely N-dealkylation sites (tertiary alicyclic amines) is 1. The highest BCUT2D eigenvalue weighted by Gasteiger charge is 2.42. The van der Waals surface area contributed by atoms with Crippen molar-refractivity contribution >= 4 is 0 Å². The van der Waals surface area contributed by atoms with Crippen LogP contribution < -0.4 is 9.47 Å². The van der Waals surface area contributed by atoms with Gasteiger partial charge in [0, 0.05) is 26.1 Å². The fraction of sp³-hybridized carbons (Fsp3) is 0.647. The van der Waals surface area contributed by atoms with Gasteiger partial charge in [0.1, 0.15) is 13.2 Å². The van der Waals surface area contributed by atoms with Gasteiger partial charge in [0.2, 0.25) is 0 Å². The van der Waals surface area contributed by atoms with E-state index in [1.165, 1.54) is 5.56 Å². The van der Waals surface area contributed by atoms with Crippen molar-refractivity contribution in [3.8, 4) is 11.5 Å². The van der Waals surface area contributed by atoms with Gasteiger partial charge in [0.05, 0.1) is 18.3 Å². The van der Waals surface area contributed by atoms with Gasteiger partial charge in [-0.1, -0.05) is 6.07 Å². The molecule has 1 spiro atoms. The molecule has 3 aliphatic heterocycles. The summed E-state index contributed by atoms with van der Waals surface area (Å²) in [7, 11) is 0. The molecule has 0 aliphatic carbocycles. The highest BCUT2D eigenvalue weighted by Crippen LogP contribution is 2.37. The number of hydrogen-bond donors (Lipinski definition) is 1. The van der Waals surface area contributed by atoms with E-state index in [1.54, 1.807) is 0 Å². The topological polar surface area (TPSA) is 51.2 Å². The number of rotatable bonds is 2. The van der Waals surface area contributed by atoms with Crippen LogP contribution in [0.25, 0.3) is 0 Å². The summed E-state index contributed by atoms with van der Waals surface area (Å²) in [6.07, 6.45) is 2.54. The highest BCUT2D eigenvalue weighted by molar-refractivity contribution is 5.43. The summed E-state index contributed by atoms with van der Waals surface area (Å²) >= 11 is 0. The summed E-state index contributed by atoms with van der Waals surface area (Å²) in [6.45, 7) is 4.72. The van der Waals surface area contributed by atoms with Crippen molar-refractivity contribution in [2.24, 2.45) is 0 Å². The summed E-state index contributed by atoms with van der Waals surface area (Å²) in [6, 6.07) is 6.22. The fourth-order valence-corrected chi connectivity index (χ4v) is 3.73. The zero-order chi connectivity index (χ0) is 15.0. The van der Waals surface area contributed by atoms with Crippen LogP contribution in [0.2, 0.25) is 0 Å². The van der Waals surface area contributed by atoms with Crippen molar-refractivity contribution in [2.75, 3.05) is 32.9 Å². The van der Waals surface area contributed by atoms with Crippen LogP contribution in [0.15, 0.2) is 18.2 Å². The largest absolute Gasteiger partial charge is 0.486 e. The number of fused-ring (bicyclic) bond motifs is 1. The lowest BCUT2D eigenvalue weighted by molar-refractivity contribution is -0.0456. The molecule has 5 nitrogen and oxygen atoms in total. The van der Waals surface area contributed by atoms with E-state index >= 15 is 0 Å². The number of nitrogens with zero attached hydrogens (tertiary/aromatic N) is 1. The Morgan fingerprint density at radius 2 is 1.91 bits per heavy atom. The third-order valence-electron chi connectivity index (χ3n) is 4.97. The molecule has 2 fully saturated rings. The second kappa shape index (κ2) is 5.72. The fourth-order valence-electron chi connectivity index (χ4n) is 3.73. The Hall–Kier alpha value is -1.30. The summed E-state index contributed by atoms with van der Waals surface area (Å²) in [5, 5.41) is 9.70. The first kappa shape index (κ1) is 14.3. The molecule has 0 aromatic heterocycles. The number of aliphatic hydroxyl groups excluding tert-OH is 1. The summed E-state index contributed by atoms with van der Waals surface area (Å²) < 4.78 is 17.1. The molecule has 5 heteroatoms. The normalized spacial score (nSPS) is 27.2. The molecule has 0 bridgehead atoms. The number of ether oxygens (including phenoxy) is 3. The molecule has 1 N–H and O–H groups in total. The van der Waals surface area contributed by atoms with Gasteiger partial charge in [0.25, 0.3) is 0 Å². The summed E-state index contributed by atoms with van der Waals surface area (Å²) in [4.78, 5) is 2.45. The SMILES string of the molecule is O[C@@H]1COC2(CCN(Cc3ccc4c(c3)OCCO4)CC2)C1. The van der Waals surface area contributed by atoms with E-state index in [2.05, 4.69) is 17.0 Å². The number of hydrogen-bond acceptors (Lipinski definition) is 5. The quantitative estimate of drug-likeness (QED) is 0.899. The lowest BCUT2D eigenvalue weighted by atomic mass is 9.88. The van der Waals surface area contributed by atoms with E-state index in [0.717, 1.165) is 50.4 Å². The lowest BCUT2D eigenvalue weighted by Gasteiger charge is -2.38. The lowest BCUT2D eigenvalue weighted by Crippen LogP contribution is -2.43. The van der Waals surface area contributed by atoms with E-state index in [1.807, 2.05) is 6.07 Å². The molecule has 0 amide bonds. The highest BCUT2D eigenvalue weighted by atomic mass is 16.6. The maximum atomic E-state index is 9.70. The first-order valence-electron chi connectivity index (χ1n) is 8.15. The number of benzene rings is 1. The smallest absolute Gasteiger partial charge is 0.161 e. The Kier molecular flexibility index (Phi) is 3.72. The van der Waals surface area contributed by atoms with Crippen LogP contribution in [0.5, 0.6) is 11.5 Å². The van der Waals surface area contributed by atoms with Crippen molar-refractivity contribution in [3.63, 3.8) is 0 Å². The maximum absolute atomic E-state index is 9.70.